The Labute approximate surface area is 124 Å². The predicted molar refractivity (Wildman–Crippen MR) is 84.8 cm³/mol. The molecule has 0 aliphatic carbocycles. The molecular weight excluding hydrogens is 274 g/mol. The molecule has 6 heteroatoms. The van der Waals surface area contributed by atoms with Crippen molar-refractivity contribution in [2.24, 2.45) is 5.73 Å². The fourth-order valence-corrected chi connectivity index (χ4v) is 1.64. The minimum Gasteiger partial charge on any atom is -0.444 e. The quantitative estimate of drug-likeness (QED) is 0.744. The zero-order valence-corrected chi connectivity index (χ0v) is 12.8. The number of ether oxygens (including phenoxy) is 1. The third kappa shape index (κ3) is 6.94. The minimum atomic E-state index is -0.474. The number of hydrogen-bond acceptors (Lipinski definition) is 3. The first kappa shape index (κ1) is 16.2. The van der Waals surface area contributed by atoms with Gasteiger partial charge in [0.25, 0.3) is 0 Å². The first-order valence-electron chi connectivity index (χ1n) is 6.38. The number of nitrogens with one attached hydrogen (secondary N) is 2. The Morgan fingerprint density at radius 3 is 2.40 bits per heavy atom. The fraction of sp³-hybridized carbons (Fsp3) is 0.429. The largest absolute Gasteiger partial charge is 0.444 e. The number of amides is 1. The topological polar surface area (TPSA) is 76.4 Å². The Balaban J connectivity index is 2.35. The summed E-state index contributed by atoms with van der Waals surface area (Å²) < 4.78 is 5.15. The molecule has 0 aliphatic rings. The van der Waals surface area contributed by atoms with E-state index in [1.54, 1.807) is 0 Å². The monoisotopic (exact) mass is 295 g/mol. The summed E-state index contributed by atoms with van der Waals surface area (Å²) in [4.78, 5) is 11.5. The van der Waals surface area contributed by atoms with Gasteiger partial charge < -0.3 is 21.1 Å². The van der Waals surface area contributed by atoms with Crippen LogP contribution in [0.3, 0.4) is 0 Å². The summed E-state index contributed by atoms with van der Waals surface area (Å²) in [6, 6.07) is 7.69. The fourth-order valence-electron chi connectivity index (χ4n) is 1.52. The number of carbonyl (C=O) groups is 1. The lowest BCUT2D eigenvalue weighted by Gasteiger charge is -2.19. The molecule has 0 aliphatic heterocycles. The lowest BCUT2D eigenvalue weighted by molar-refractivity contribution is 0.0528. The van der Waals surface area contributed by atoms with E-state index < -0.39 is 11.7 Å². The van der Waals surface area contributed by atoms with Gasteiger partial charge in [-0.1, -0.05) is 12.1 Å². The first-order valence-corrected chi connectivity index (χ1v) is 6.79. The van der Waals surface area contributed by atoms with Crippen LogP contribution in [0.15, 0.2) is 24.3 Å². The minimum absolute atomic E-state index is 0.240. The zero-order valence-electron chi connectivity index (χ0n) is 12.0. The van der Waals surface area contributed by atoms with Gasteiger partial charge in [0.1, 0.15) is 5.60 Å². The molecule has 1 aromatic carbocycles. The Morgan fingerprint density at radius 1 is 1.30 bits per heavy atom. The highest BCUT2D eigenvalue weighted by Gasteiger charge is 2.15. The highest BCUT2D eigenvalue weighted by atomic mass is 32.1. The molecule has 1 amide bonds. The highest BCUT2D eigenvalue weighted by molar-refractivity contribution is 7.80. The van der Waals surface area contributed by atoms with E-state index in [9.17, 15) is 4.79 Å². The van der Waals surface area contributed by atoms with E-state index in [2.05, 4.69) is 10.6 Å². The maximum atomic E-state index is 11.5. The molecule has 0 aromatic heterocycles. The summed E-state index contributed by atoms with van der Waals surface area (Å²) in [7, 11) is 0. The molecule has 4 N–H and O–H groups in total. The van der Waals surface area contributed by atoms with Gasteiger partial charge in [-0.2, -0.15) is 0 Å². The van der Waals surface area contributed by atoms with Crippen LogP contribution >= 0.6 is 12.2 Å². The van der Waals surface area contributed by atoms with Gasteiger partial charge in [-0.25, -0.2) is 4.79 Å². The molecule has 5 nitrogen and oxygen atoms in total. The van der Waals surface area contributed by atoms with Gasteiger partial charge >= 0.3 is 6.09 Å². The normalized spacial score (nSPS) is 10.8. The summed E-state index contributed by atoms with van der Waals surface area (Å²) in [5.41, 5.74) is 6.87. The Bertz CT molecular complexity index is 466. The van der Waals surface area contributed by atoms with Gasteiger partial charge in [-0.15, -0.1) is 0 Å². The molecule has 1 rings (SSSR count). The number of benzene rings is 1. The molecule has 0 unspecified atom stereocenters. The van der Waals surface area contributed by atoms with Gasteiger partial charge in [0.2, 0.25) is 0 Å². The van der Waals surface area contributed by atoms with Gasteiger partial charge in [0.15, 0.2) is 5.11 Å². The van der Waals surface area contributed by atoms with Crippen molar-refractivity contribution in [2.45, 2.75) is 32.8 Å². The van der Waals surface area contributed by atoms with Crippen LogP contribution in [0.4, 0.5) is 10.5 Å². The second-order valence-electron chi connectivity index (χ2n) is 5.36. The molecule has 0 atom stereocenters. The lowest BCUT2D eigenvalue weighted by Crippen LogP contribution is -2.33. The Hall–Kier alpha value is -1.82. The van der Waals surface area contributed by atoms with Crippen LogP contribution in [-0.4, -0.2) is 23.4 Å². The average molecular weight is 295 g/mol. The van der Waals surface area contributed by atoms with Crippen molar-refractivity contribution in [3.05, 3.63) is 29.8 Å². The van der Waals surface area contributed by atoms with E-state index in [4.69, 9.17) is 22.7 Å². The average Bonchev–Trinajstić information content (AvgIpc) is 2.28. The van der Waals surface area contributed by atoms with Crippen LogP contribution in [-0.2, 0) is 11.2 Å². The molecular formula is C14H21N3O2S. The van der Waals surface area contributed by atoms with Crippen molar-refractivity contribution in [1.29, 1.82) is 0 Å². The maximum absolute atomic E-state index is 11.5. The molecule has 20 heavy (non-hydrogen) atoms. The second kappa shape index (κ2) is 7.09. The number of nitrogens with two attached hydrogens (primary N) is 1. The first-order chi connectivity index (χ1) is 9.26. The van der Waals surface area contributed by atoms with Crippen LogP contribution in [0, 0.1) is 0 Å². The highest BCUT2D eigenvalue weighted by Crippen LogP contribution is 2.10. The third-order valence-corrected chi connectivity index (χ3v) is 2.41. The standard InChI is InChI=1S/C14H21N3O2S/c1-14(2,3)19-13(18)16-9-8-10-4-6-11(7-5-10)17-12(15)20/h4-7H,8-9H2,1-3H3,(H,16,18)(H3,15,17,20). The van der Waals surface area contributed by atoms with Crippen molar-refractivity contribution in [3.63, 3.8) is 0 Å². The van der Waals surface area contributed by atoms with Crippen LogP contribution < -0.4 is 16.4 Å². The van der Waals surface area contributed by atoms with E-state index >= 15 is 0 Å². The number of alkyl carbamates (subject to hydrolysis) is 1. The van der Waals surface area contributed by atoms with Crippen LogP contribution in [0.1, 0.15) is 26.3 Å². The molecule has 0 fully saturated rings. The van der Waals surface area contributed by atoms with E-state index in [1.165, 1.54) is 0 Å². The molecule has 0 saturated heterocycles. The van der Waals surface area contributed by atoms with Crippen molar-refractivity contribution in [3.8, 4) is 0 Å². The number of rotatable bonds is 4. The molecule has 110 valence electrons. The Morgan fingerprint density at radius 2 is 1.90 bits per heavy atom. The maximum Gasteiger partial charge on any atom is 0.407 e. The van der Waals surface area contributed by atoms with E-state index in [1.807, 2.05) is 45.0 Å². The summed E-state index contributed by atoms with van der Waals surface area (Å²) in [6.45, 7) is 6.03. The molecule has 0 spiro atoms. The summed E-state index contributed by atoms with van der Waals surface area (Å²) in [5.74, 6) is 0. The summed E-state index contributed by atoms with van der Waals surface area (Å²) in [6.07, 6.45) is 0.330. The van der Waals surface area contributed by atoms with Crippen LogP contribution in [0.25, 0.3) is 0 Å². The van der Waals surface area contributed by atoms with Gasteiger partial charge in [-0.3, -0.25) is 0 Å². The number of hydrogen-bond donors (Lipinski definition) is 3. The van der Waals surface area contributed by atoms with Crippen molar-refractivity contribution in [1.82, 2.24) is 5.32 Å². The predicted octanol–water partition coefficient (Wildman–Crippen LogP) is 2.41. The number of anilines is 1. The van der Waals surface area contributed by atoms with E-state index in [0.717, 1.165) is 17.7 Å². The van der Waals surface area contributed by atoms with E-state index in [0.29, 0.717) is 6.54 Å². The van der Waals surface area contributed by atoms with Crippen molar-refractivity contribution in [2.75, 3.05) is 11.9 Å². The van der Waals surface area contributed by atoms with Gasteiger partial charge in [0, 0.05) is 12.2 Å². The molecule has 1 aromatic rings. The summed E-state index contributed by atoms with van der Waals surface area (Å²) in [5, 5.41) is 5.81. The lowest BCUT2D eigenvalue weighted by atomic mass is 10.1. The smallest absolute Gasteiger partial charge is 0.407 e. The molecule has 0 heterocycles. The Kier molecular flexibility index (Phi) is 5.76. The zero-order chi connectivity index (χ0) is 15.2. The SMILES string of the molecule is CC(C)(C)OC(=O)NCCc1ccc(NC(N)=S)cc1. The van der Waals surface area contributed by atoms with Crippen molar-refractivity contribution >= 4 is 29.1 Å². The number of thiocarbonyl (C=S) groups is 1. The van der Waals surface area contributed by atoms with Gasteiger partial charge in [-0.05, 0) is 57.1 Å². The second-order valence-corrected chi connectivity index (χ2v) is 5.80. The third-order valence-electron chi connectivity index (χ3n) is 2.30. The number of carbonyl (C=O) groups excluding carboxylic acids is 1. The summed E-state index contributed by atoms with van der Waals surface area (Å²) >= 11 is 4.76. The molecule has 0 bridgehead atoms. The molecule has 0 saturated carbocycles. The van der Waals surface area contributed by atoms with Crippen LogP contribution in [0.5, 0.6) is 0 Å². The van der Waals surface area contributed by atoms with E-state index in [-0.39, 0.29) is 5.11 Å². The van der Waals surface area contributed by atoms with Crippen LogP contribution in [0.2, 0.25) is 0 Å². The van der Waals surface area contributed by atoms with Gasteiger partial charge in [0.05, 0.1) is 0 Å². The molecule has 0 radical (unpaired) electrons. The van der Waals surface area contributed by atoms with Crippen molar-refractivity contribution < 1.29 is 9.53 Å².